The van der Waals surface area contributed by atoms with Crippen molar-refractivity contribution in [3.63, 3.8) is 0 Å². The summed E-state index contributed by atoms with van der Waals surface area (Å²) in [6, 6.07) is 0. The van der Waals surface area contributed by atoms with E-state index in [1.54, 1.807) is 6.92 Å². The van der Waals surface area contributed by atoms with Crippen molar-refractivity contribution in [2.45, 2.75) is 31.7 Å². The Hall–Kier alpha value is -1.14. The number of amides is 1. The van der Waals surface area contributed by atoms with Crippen molar-refractivity contribution in [1.29, 1.82) is 0 Å². The summed E-state index contributed by atoms with van der Waals surface area (Å²) in [6.07, 6.45) is 3.82. The number of nitrogens with two attached hydrogens (primary N) is 2. The molecule has 0 aromatic carbocycles. The molecule has 1 amide bonds. The maximum atomic E-state index is 11.7. The number of nitrogens with one attached hydrogen (secondary N) is 1. The summed E-state index contributed by atoms with van der Waals surface area (Å²) in [5.41, 5.74) is 10.4. The van der Waals surface area contributed by atoms with Crippen molar-refractivity contribution in [3.8, 4) is 0 Å². The van der Waals surface area contributed by atoms with Gasteiger partial charge in [0, 0.05) is 0 Å². The maximum absolute atomic E-state index is 11.7. The Balaban J connectivity index is 3.89. The normalized spacial score (nSPS) is 14.8. The van der Waals surface area contributed by atoms with E-state index < -0.39 is 5.54 Å². The van der Waals surface area contributed by atoms with Gasteiger partial charge in [-0.2, -0.15) is 0 Å². The average molecular weight is 230 g/mol. The molecule has 0 aliphatic carbocycles. The van der Waals surface area contributed by atoms with Gasteiger partial charge in [-0.3, -0.25) is 4.79 Å². The molecule has 0 aliphatic heterocycles. The molecule has 0 heterocycles. The third kappa shape index (κ3) is 6.36. The van der Waals surface area contributed by atoms with Gasteiger partial charge in [0.25, 0.3) is 0 Å². The lowest BCUT2D eigenvalue weighted by Gasteiger charge is -2.22. The Bertz CT molecular complexity index is 229. The van der Waals surface area contributed by atoms with Gasteiger partial charge in [-0.15, -0.1) is 0 Å². The molecule has 0 aromatic heterocycles. The molecule has 1 atom stereocenters. The zero-order valence-corrected chi connectivity index (χ0v) is 10.0. The zero-order chi connectivity index (χ0) is 12.4. The van der Waals surface area contributed by atoms with Gasteiger partial charge in [0.15, 0.2) is 0 Å². The lowest BCUT2D eigenvalue weighted by molar-refractivity contribution is -0.125. The highest BCUT2D eigenvalue weighted by atomic mass is 16.6. The number of carbonyl (C=O) groups excluding carboxylic acids is 1. The van der Waals surface area contributed by atoms with E-state index in [0.717, 1.165) is 12.8 Å². The van der Waals surface area contributed by atoms with Crippen LogP contribution in [0.15, 0.2) is 5.16 Å². The number of oxime groups is 1. The van der Waals surface area contributed by atoms with Gasteiger partial charge < -0.3 is 21.6 Å². The highest BCUT2D eigenvalue weighted by Gasteiger charge is 2.26. The van der Waals surface area contributed by atoms with Crippen LogP contribution in [0.2, 0.25) is 0 Å². The van der Waals surface area contributed by atoms with E-state index in [2.05, 4.69) is 15.3 Å². The number of hydrogen-bond donors (Lipinski definition) is 3. The second-order valence-electron chi connectivity index (χ2n) is 3.84. The minimum absolute atomic E-state index is 0.188. The topological polar surface area (TPSA) is 103 Å². The van der Waals surface area contributed by atoms with Gasteiger partial charge in [0.2, 0.25) is 5.91 Å². The standard InChI is InChI=1S/C10H22N4O2/c1-10(12,5-3-4-6-11)9(15)13-7-8-14-16-2/h8H,3-7,11-12H2,1-2H3,(H,13,15)/b14-8+/t10-/m0/s1. The molecule has 0 radical (unpaired) electrons. The van der Waals surface area contributed by atoms with Crippen LogP contribution in [0, 0.1) is 0 Å². The molecular weight excluding hydrogens is 208 g/mol. The minimum Gasteiger partial charge on any atom is -0.399 e. The smallest absolute Gasteiger partial charge is 0.240 e. The van der Waals surface area contributed by atoms with Crippen LogP contribution in [-0.4, -0.2) is 37.9 Å². The van der Waals surface area contributed by atoms with Gasteiger partial charge in [0.05, 0.1) is 18.3 Å². The molecule has 0 saturated carbocycles. The maximum Gasteiger partial charge on any atom is 0.240 e. The molecule has 0 aromatic rings. The number of nitrogens with zero attached hydrogens (tertiary/aromatic N) is 1. The molecular formula is C10H22N4O2. The SMILES string of the molecule is CO/N=C/CNC(=O)[C@@](C)(N)CCCCN. The third-order valence-corrected chi connectivity index (χ3v) is 2.20. The molecule has 0 saturated heterocycles. The monoisotopic (exact) mass is 230 g/mol. The number of unbranched alkanes of at least 4 members (excludes halogenated alkanes) is 1. The van der Waals surface area contributed by atoms with Crippen LogP contribution in [0.4, 0.5) is 0 Å². The molecule has 0 rings (SSSR count). The fourth-order valence-electron chi connectivity index (χ4n) is 1.20. The second-order valence-corrected chi connectivity index (χ2v) is 3.84. The van der Waals surface area contributed by atoms with Crippen LogP contribution in [0.1, 0.15) is 26.2 Å². The Kier molecular flexibility index (Phi) is 7.49. The largest absolute Gasteiger partial charge is 0.399 e. The average Bonchev–Trinajstić information content (AvgIpc) is 2.24. The molecule has 0 aliphatic rings. The second kappa shape index (κ2) is 8.06. The van der Waals surface area contributed by atoms with Crippen LogP contribution in [-0.2, 0) is 9.63 Å². The minimum atomic E-state index is -0.851. The molecule has 0 bridgehead atoms. The summed E-state index contributed by atoms with van der Waals surface area (Å²) >= 11 is 0. The van der Waals surface area contributed by atoms with Gasteiger partial charge in [-0.05, 0) is 32.7 Å². The van der Waals surface area contributed by atoms with Gasteiger partial charge in [-0.25, -0.2) is 0 Å². The third-order valence-electron chi connectivity index (χ3n) is 2.20. The first-order valence-corrected chi connectivity index (χ1v) is 5.37. The quantitative estimate of drug-likeness (QED) is 0.299. The molecule has 94 valence electrons. The van der Waals surface area contributed by atoms with Crippen LogP contribution < -0.4 is 16.8 Å². The predicted molar refractivity (Wildman–Crippen MR) is 64.0 cm³/mol. The van der Waals surface area contributed by atoms with E-state index in [4.69, 9.17) is 11.5 Å². The predicted octanol–water partition coefficient (Wildman–Crippen LogP) is -0.419. The summed E-state index contributed by atoms with van der Waals surface area (Å²) in [5, 5.41) is 6.16. The lowest BCUT2D eigenvalue weighted by Crippen LogP contribution is -2.51. The van der Waals surface area contributed by atoms with E-state index in [1.807, 2.05) is 0 Å². The summed E-state index contributed by atoms with van der Waals surface area (Å²) in [7, 11) is 1.44. The van der Waals surface area contributed by atoms with Crippen molar-refractivity contribution >= 4 is 12.1 Å². The fraction of sp³-hybridized carbons (Fsp3) is 0.800. The van der Waals surface area contributed by atoms with Crippen molar-refractivity contribution in [2.75, 3.05) is 20.2 Å². The van der Waals surface area contributed by atoms with Crippen LogP contribution in [0.5, 0.6) is 0 Å². The van der Waals surface area contributed by atoms with Crippen molar-refractivity contribution in [2.24, 2.45) is 16.6 Å². The Morgan fingerprint density at radius 3 is 2.81 bits per heavy atom. The number of carbonyl (C=O) groups is 1. The Morgan fingerprint density at radius 1 is 1.56 bits per heavy atom. The van der Waals surface area contributed by atoms with Crippen LogP contribution >= 0.6 is 0 Å². The van der Waals surface area contributed by atoms with Crippen LogP contribution in [0.25, 0.3) is 0 Å². The first-order chi connectivity index (χ1) is 7.54. The summed E-state index contributed by atoms with van der Waals surface area (Å²) in [4.78, 5) is 16.1. The summed E-state index contributed by atoms with van der Waals surface area (Å²) < 4.78 is 0. The summed E-state index contributed by atoms with van der Waals surface area (Å²) in [5.74, 6) is -0.188. The Morgan fingerprint density at radius 2 is 2.25 bits per heavy atom. The van der Waals surface area contributed by atoms with Crippen molar-refractivity contribution in [1.82, 2.24) is 5.32 Å². The van der Waals surface area contributed by atoms with Gasteiger partial charge >= 0.3 is 0 Å². The fourth-order valence-corrected chi connectivity index (χ4v) is 1.20. The summed E-state index contributed by atoms with van der Waals surface area (Å²) in [6.45, 7) is 2.65. The first kappa shape index (κ1) is 14.9. The van der Waals surface area contributed by atoms with E-state index in [1.165, 1.54) is 13.3 Å². The van der Waals surface area contributed by atoms with Crippen molar-refractivity contribution < 1.29 is 9.63 Å². The van der Waals surface area contributed by atoms with Gasteiger partial charge in [-0.1, -0.05) is 5.16 Å². The first-order valence-electron chi connectivity index (χ1n) is 5.37. The lowest BCUT2D eigenvalue weighted by atomic mass is 9.95. The molecule has 6 nitrogen and oxygen atoms in total. The molecule has 0 fully saturated rings. The van der Waals surface area contributed by atoms with Gasteiger partial charge in [0.1, 0.15) is 7.11 Å². The highest BCUT2D eigenvalue weighted by Crippen LogP contribution is 2.10. The van der Waals surface area contributed by atoms with E-state index in [-0.39, 0.29) is 5.91 Å². The van der Waals surface area contributed by atoms with E-state index in [0.29, 0.717) is 19.5 Å². The number of rotatable bonds is 8. The molecule has 0 spiro atoms. The van der Waals surface area contributed by atoms with Crippen molar-refractivity contribution in [3.05, 3.63) is 0 Å². The zero-order valence-electron chi connectivity index (χ0n) is 10.0. The van der Waals surface area contributed by atoms with E-state index >= 15 is 0 Å². The number of hydrogen-bond acceptors (Lipinski definition) is 5. The molecule has 5 N–H and O–H groups in total. The Labute approximate surface area is 96.4 Å². The highest BCUT2D eigenvalue weighted by molar-refractivity contribution is 5.87. The molecule has 16 heavy (non-hydrogen) atoms. The molecule has 6 heteroatoms. The van der Waals surface area contributed by atoms with Crippen LogP contribution in [0.3, 0.4) is 0 Å². The molecule has 0 unspecified atom stereocenters. The van der Waals surface area contributed by atoms with E-state index in [9.17, 15) is 4.79 Å².